The second kappa shape index (κ2) is 25.8. The summed E-state index contributed by atoms with van der Waals surface area (Å²) in [5.41, 5.74) is 24.7. The van der Waals surface area contributed by atoms with Gasteiger partial charge in [-0.05, 0) is 131 Å². The zero-order valence-corrected chi connectivity index (χ0v) is 55.9. The summed E-state index contributed by atoms with van der Waals surface area (Å²) in [6.45, 7) is 0. The number of para-hydroxylation sites is 6. The van der Waals surface area contributed by atoms with Crippen molar-refractivity contribution in [1.82, 2.24) is 19.9 Å². The Kier molecular flexibility index (Phi) is 15.1. The highest BCUT2D eigenvalue weighted by Crippen LogP contribution is 2.44. The number of anilines is 6. The molecule has 0 atom stereocenters. The molecule has 20 rings (SSSR count). The Morgan fingerprint density at radius 3 is 1.15 bits per heavy atom. The fraction of sp³-hybridized carbons (Fsp3) is 0. The Morgan fingerprint density at radius 1 is 0.214 bits per heavy atom. The van der Waals surface area contributed by atoms with E-state index in [9.17, 15) is 0 Å². The summed E-state index contributed by atoms with van der Waals surface area (Å²) < 4.78 is 6.29. The number of benzene rings is 15. The lowest BCUT2D eigenvalue weighted by atomic mass is 9.95. The first-order valence-corrected chi connectivity index (χ1v) is 34.8. The van der Waals surface area contributed by atoms with Gasteiger partial charge < -0.3 is 14.2 Å². The summed E-state index contributed by atoms with van der Waals surface area (Å²) in [7, 11) is 0. The molecule has 0 saturated heterocycles. The minimum atomic E-state index is 0.898. The van der Waals surface area contributed by atoms with E-state index >= 15 is 0 Å². The molecule has 0 fully saturated rings. The minimum Gasteiger partial charge on any atom is -0.455 e. The lowest BCUT2D eigenvalue weighted by molar-refractivity contribution is 0.670. The molecule has 7 nitrogen and oxygen atoms in total. The number of hydrogen-bond donors (Lipinski definition) is 0. The van der Waals surface area contributed by atoms with Crippen molar-refractivity contribution in [2.45, 2.75) is 0 Å². The van der Waals surface area contributed by atoms with Crippen LogP contribution in [0.15, 0.2) is 381 Å². The first-order chi connectivity index (χ1) is 51.1. The normalized spacial score (nSPS) is 11.5. The predicted octanol–water partition coefficient (Wildman–Crippen LogP) is 26.2. The van der Waals surface area contributed by atoms with Crippen LogP contribution in [0.5, 0.6) is 0 Å². The van der Waals surface area contributed by atoms with Gasteiger partial charge in [0.1, 0.15) is 11.2 Å². The molecule has 7 heteroatoms. The number of rotatable bonds is 11. The third-order valence-electron chi connectivity index (χ3n) is 19.8. The number of furan rings is 1. The van der Waals surface area contributed by atoms with Crippen molar-refractivity contribution in [3.8, 4) is 55.9 Å². The van der Waals surface area contributed by atoms with Crippen molar-refractivity contribution in [1.29, 1.82) is 0 Å². The molecule has 0 N–H and O–H groups in total. The van der Waals surface area contributed by atoms with Crippen molar-refractivity contribution in [2.75, 3.05) is 9.80 Å². The molecular weight excluding hydrogens is 1250 g/mol. The maximum Gasteiger partial charge on any atom is 0.143 e. The van der Waals surface area contributed by atoms with Crippen molar-refractivity contribution >= 4 is 132 Å². The van der Waals surface area contributed by atoms with Crippen LogP contribution in [0.1, 0.15) is 0 Å². The fourth-order valence-electron chi connectivity index (χ4n) is 14.9. The molecule has 0 aliphatic rings. The molecule has 103 heavy (non-hydrogen) atoms. The van der Waals surface area contributed by atoms with Gasteiger partial charge in [0, 0.05) is 105 Å². The van der Waals surface area contributed by atoms with Crippen molar-refractivity contribution in [2.24, 2.45) is 0 Å². The van der Waals surface area contributed by atoms with Gasteiger partial charge in [0.05, 0.1) is 44.5 Å². The van der Waals surface area contributed by atoms with Crippen molar-refractivity contribution < 1.29 is 4.42 Å². The molecule has 0 unspecified atom stereocenters. The molecule has 0 bridgehead atoms. The fourth-order valence-corrected chi connectivity index (χ4v) is 14.9. The molecule has 0 aliphatic heterocycles. The first kappa shape index (κ1) is 60.3. The van der Waals surface area contributed by atoms with Crippen LogP contribution in [0.4, 0.5) is 34.1 Å². The molecule has 0 aliphatic carbocycles. The van der Waals surface area contributed by atoms with Gasteiger partial charge >= 0.3 is 0 Å². The summed E-state index contributed by atoms with van der Waals surface area (Å²) in [5.74, 6) is 0. The molecule has 5 heterocycles. The van der Waals surface area contributed by atoms with Crippen molar-refractivity contribution in [3.63, 3.8) is 0 Å². The highest BCUT2D eigenvalue weighted by molar-refractivity contribution is 6.18. The van der Waals surface area contributed by atoms with E-state index < -0.39 is 0 Å². The third kappa shape index (κ3) is 11.1. The van der Waals surface area contributed by atoms with E-state index in [0.717, 1.165) is 155 Å². The van der Waals surface area contributed by atoms with E-state index in [1.54, 1.807) is 0 Å². The minimum absolute atomic E-state index is 0.898. The Morgan fingerprint density at radius 2 is 0.602 bits per heavy atom. The molecule has 15 aromatic carbocycles. The SMILES string of the molecule is c1ccc(-c2c3ccccc3nc3c2ccc2ccc(-c4ccc(-c5cccc6c5oc5ccccc56)cc4)nc23)cc1.c1ccc(-c2c3ccccc3nc3c2ccc2ccc(-c4ccc(N(c5ccc(N(c6ccccc6)c6ccccc6)cc5)c5ccc6ccccc6c5)cc4)nc23)cc1. The summed E-state index contributed by atoms with van der Waals surface area (Å²) in [5, 5.41) is 11.3. The van der Waals surface area contributed by atoms with Gasteiger partial charge in [0.2, 0.25) is 0 Å². The zero-order valence-electron chi connectivity index (χ0n) is 55.9. The maximum atomic E-state index is 6.29. The average molecular weight is 1320 g/mol. The second-order valence-electron chi connectivity index (χ2n) is 26.0. The number of fused-ring (bicyclic) bond motifs is 12. The van der Waals surface area contributed by atoms with Crippen LogP contribution in [0.2, 0.25) is 0 Å². The van der Waals surface area contributed by atoms with Gasteiger partial charge in [0.15, 0.2) is 0 Å². The van der Waals surface area contributed by atoms with Gasteiger partial charge in [-0.3, -0.25) is 0 Å². The number of aromatic nitrogens is 4. The van der Waals surface area contributed by atoms with E-state index in [-0.39, 0.29) is 0 Å². The van der Waals surface area contributed by atoms with Gasteiger partial charge in [-0.2, -0.15) is 0 Å². The molecule has 482 valence electrons. The van der Waals surface area contributed by atoms with Gasteiger partial charge in [-0.1, -0.05) is 273 Å². The maximum absolute atomic E-state index is 6.29. The molecule has 0 spiro atoms. The largest absolute Gasteiger partial charge is 0.455 e. The summed E-state index contributed by atoms with van der Waals surface area (Å²) in [6, 6.07) is 132. The average Bonchev–Trinajstić information content (AvgIpc) is 1.46. The lowest BCUT2D eigenvalue weighted by Crippen LogP contribution is -2.12. The first-order valence-electron chi connectivity index (χ1n) is 34.8. The quantitative estimate of drug-likeness (QED) is 0.0944. The summed E-state index contributed by atoms with van der Waals surface area (Å²) >= 11 is 0. The van der Waals surface area contributed by atoms with Crippen LogP contribution < -0.4 is 9.80 Å². The zero-order chi connectivity index (χ0) is 68.2. The van der Waals surface area contributed by atoms with E-state index in [4.69, 9.17) is 24.4 Å². The van der Waals surface area contributed by atoms with E-state index in [2.05, 4.69) is 368 Å². The molecule has 0 radical (unpaired) electrons. The van der Waals surface area contributed by atoms with E-state index in [1.165, 1.54) is 33.0 Å². The van der Waals surface area contributed by atoms with Gasteiger partial charge in [-0.15, -0.1) is 0 Å². The monoisotopic (exact) mass is 1310 g/mol. The Hall–Kier alpha value is -13.9. The predicted molar refractivity (Wildman–Crippen MR) is 430 cm³/mol. The van der Waals surface area contributed by atoms with Crippen LogP contribution in [0, 0.1) is 0 Å². The topological polar surface area (TPSA) is 71.2 Å². The van der Waals surface area contributed by atoms with Crippen LogP contribution in [-0.4, -0.2) is 19.9 Å². The Bertz CT molecular complexity index is 6550. The van der Waals surface area contributed by atoms with Gasteiger partial charge in [-0.25, -0.2) is 19.9 Å². The van der Waals surface area contributed by atoms with Crippen LogP contribution in [0.25, 0.3) is 154 Å². The van der Waals surface area contributed by atoms with Gasteiger partial charge in [0.25, 0.3) is 0 Å². The molecular formula is C96H62N6O. The van der Waals surface area contributed by atoms with Crippen molar-refractivity contribution in [3.05, 3.63) is 376 Å². The number of hydrogen-bond acceptors (Lipinski definition) is 7. The molecule has 5 aromatic heterocycles. The van der Waals surface area contributed by atoms with Crippen LogP contribution in [0.3, 0.4) is 0 Å². The highest BCUT2D eigenvalue weighted by Gasteiger charge is 2.21. The smallest absolute Gasteiger partial charge is 0.143 e. The second-order valence-corrected chi connectivity index (χ2v) is 26.0. The number of nitrogens with zero attached hydrogens (tertiary/aromatic N) is 6. The Balaban J connectivity index is 0.000000150. The lowest BCUT2D eigenvalue weighted by Gasteiger charge is -2.28. The summed E-state index contributed by atoms with van der Waals surface area (Å²) in [4.78, 5) is 25.6. The highest BCUT2D eigenvalue weighted by atomic mass is 16.3. The standard InChI is InChI=1S/C56H38N4.C40H24N2O/c1-4-15-41(16-5-1)54-50-22-12-13-23-53(50)58-56-51(54)36-27-42-28-37-52(57-55(42)56)40-25-29-46(30-26-40)60(49-31-24-39-14-10-11-17-43(39)38-49)48-34-32-47(33-35-48)59(44-18-6-2-7-19-44)45-20-8-3-9-21-45;1-2-9-27(10-3-1)37-32-12-4-6-15-35(32)42-39-33(37)23-21-28-22-24-34(41-38(28)39)26-19-17-25(18-20-26)29-13-8-14-31-30-11-5-7-16-36(30)43-40(29)31/h1-38H;1-24H. The molecule has 0 saturated carbocycles. The van der Waals surface area contributed by atoms with E-state index in [0.29, 0.717) is 0 Å². The number of pyridine rings is 4. The molecule has 0 amide bonds. The summed E-state index contributed by atoms with van der Waals surface area (Å²) in [6.07, 6.45) is 0. The van der Waals surface area contributed by atoms with Crippen LogP contribution >= 0.6 is 0 Å². The van der Waals surface area contributed by atoms with Crippen LogP contribution in [-0.2, 0) is 0 Å². The Labute approximate surface area is 594 Å². The third-order valence-corrected chi connectivity index (χ3v) is 19.8. The molecule has 20 aromatic rings. The van der Waals surface area contributed by atoms with E-state index in [1.807, 2.05) is 18.2 Å².